The number of hydrogen-bond acceptors (Lipinski definition) is 7. The first-order valence-electron chi connectivity index (χ1n) is 27.2. The fourth-order valence-electron chi connectivity index (χ4n) is 8.66. The van der Waals surface area contributed by atoms with E-state index in [1.807, 2.05) is 0 Å². The summed E-state index contributed by atoms with van der Waals surface area (Å²) in [6.45, 7) is 4.11. The number of hydrogen-bond donors (Lipinski definition) is 5. The smallest absolute Gasteiger partial charge is 0.393 e. The minimum absolute atomic E-state index is 0.0631. The molecule has 0 radical (unpaired) electrons. The van der Waals surface area contributed by atoms with Crippen molar-refractivity contribution in [3.8, 4) is 0 Å². The van der Waals surface area contributed by atoms with Gasteiger partial charge in [0.15, 0.2) is 0 Å². The van der Waals surface area contributed by atoms with Crippen molar-refractivity contribution in [3.05, 3.63) is 0 Å². The molecular weight excluding hydrogens is 796 g/mol. The van der Waals surface area contributed by atoms with Gasteiger partial charge in [0.2, 0.25) is 5.91 Å². The SMILES string of the molecule is CCCCCCCCCCCCCCCCCCCCCCCC(O)C(COP(=O)(O)OCCN)NC(=O)CC(O)CCCCCCCCCCCCCCCCCCCCC. The largest absolute Gasteiger partial charge is 0.472 e. The number of nitrogens with one attached hydrogen (secondary N) is 1. The number of rotatable bonds is 52. The summed E-state index contributed by atoms with van der Waals surface area (Å²) in [5, 5.41) is 24.4. The minimum atomic E-state index is -4.38. The maximum absolute atomic E-state index is 12.9. The van der Waals surface area contributed by atoms with E-state index in [2.05, 4.69) is 19.2 Å². The number of aliphatic hydroxyl groups excluding tert-OH is 2. The highest BCUT2D eigenvalue weighted by Crippen LogP contribution is 2.43. The van der Waals surface area contributed by atoms with Crippen LogP contribution in [0.1, 0.15) is 290 Å². The molecule has 0 aliphatic heterocycles. The van der Waals surface area contributed by atoms with Crippen LogP contribution in [0.3, 0.4) is 0 Å². The first-order valence-corrected chi connectivity index (χ1v) is 28.7. The topological polar surface area (TPSA) is 151 Å². The lowest BCUT2D eigenvalue weighted by atomic mass is 10.0. The van der Waals surface area contributed by atoms with Crippen LogP contribution in [0.15, 0.2) is 0 Å². The molecule has 0 saturated carbocycles. The Morgan fingerprint density at radius 2 is 0.774 bits per heavy atom. The summed E-state index contributed by atoms with van der Waals surface area (Å²) in [5.41, 5.74) is 5.40. The van der Waals surface area contributed by atoms with E-state index in [0.29, 0.717) is 12.8 Å². The number of phosphoric ester groups is 1. The third-order valence-corrected chi connectivity index (χ3v) is 13.7. The van der Waals surface area contributed by atoms with E-state index >= 15 is 0 Å². The molecule has 0 spiro atoms. The van der Waals surface area contributed by atoms with Gasteiger partial charge < -0.3 is 26.2 Å². The predicted octanol–water partition coefficient (Wildman–Crippen LogP) is 15.1. The summed E-state index contributed by atoms with van der Waals surface area (Å²) in [5.74, 6) is -0.405. The molecule has 372 valence electrons. The number of amides is 1. The van der Waals surface area contributed by atoms with Crippen LogP contribution in [0.5, 0.6) is 0 Å². The Labute approximate surface area is 385 Å². The third-order valence-electron chi connectivity index (χ3n) is 12.8. The minimum Gasteiger partial charge on any atom is -0.393 e. The van der Waals surface area contributed by atoms with Crippen molar-refractivity contribution in [1.82, 2.24) is 5.32 Å². The number of unbranched alkanes of at least 4 members (excludes halogenated alkanes) is 38. The van der Waals surface area contributed by atoms with Crippen LogP contribution in [-0.4, -0.2) is 59.0 Å². The van der Waals surface area contributed by atoms with Gasteiger partial charge in [0, 0.05) is 6.54 Å². The molecule has 0 aliphatic rings. The van der Waals surface area contributed by atoms with Crippen molar-refractivity contribution in [3.63, 3.8) is 0 Å². The number of carbonyl (C=O) groups excluding carboxylic acids is 1. The Morgan fingerprint density at radius 3 is 1.08 bits per heavy atom. The maximum atomic E-state index is 12.9. The van der Waals surface area contributed by atoms with E-state index in [4.69, 9.17) is 14.8 Å². The van der Waals surface area contributed by atoms with Gasteiger partial charge in [-0.25, -0.2) is 4.57 Å². The monoisotopic (exact) mass is 903 g/mol. The van der Waals surface area contributed by atoms with Gasteiger partial charge in [0.05, 0.1) is 37.9 Å². The highest BCUT2D eigenvalue weighted by molar-refractivity contribution is 7.47. The molecule has 0 heterocycles. The van der Waals surface area contributed by atoms with Gasteiger partial charge in [-0.1, -0.05) is 271 Å². The fourth-order valence-corrected chi connectivity index (χ4v) is 9.42. The van der Waals surface area contributed by atoms with E-state index in [-0.39, 0.29) is 26.2 Å². The molecule has 9 nitrogen and oxygen atoms in total. The van der Waals surface area contributed by atoms with E-state index in [1.54, 1.807) is 0 Å². The number of nitrogens with two attached hydrogens (primary N) is 1. The Bertz CT molecular complexity index is 960. The van der Waals surface area contributed by atoms with Crippen LogP contribution in [0.4, 0.5) is 0 Å². The van der Waals surface area contributed by atoms with Crippen molar-refractivity contribution >= 4 is 13.7 Å². The Hall–Kier alpha value is -0.540. The highest BCUT2D eigenvalue weighted by Gasteiger charge is 2.28. The van der Waals surface area contributed by atoms with Crippen molar-refractivity contribution in [2.45, 2.75) is 308 Å². The van der Waals surface area contributed by atoms with Gasteiger partial charge in [0.25, 0.3) is 0 Å². The lowest BCUT2D eigenvalue weighted by Gasteiger charge is -2.25. The van der Waals surface area contributed by atoms with Crippen molar-refractivity contribution in [1.29, 1.82) is 0 Å². The van der Waals surface area contributed by atoms with Crippen LogP contribution in [0.2, 0.25) is 0 Å². The number of carbonyl (C=O) groups is 1. The molecule has 0 fully saturated rings. The second-order valence-corrected chi connectivity index (χ2v) is 20.5. The first-order chi connectivity index (χ1) is 30.3. The zero-order valence-corrected chi connectivity index (χ0v) is 42.2. The summed E-state index contributed by atoms with van der Waals surface area (Å²) in [4.78, 5) is 22.9. The predicted molar refractivity (Wildman–Crippen MR) is 265 cm³/mol. The van der Waals surface area contributed by atoms with Crippen LogP contribution in [0, 0.1) is 0 Å². The normalized spacial score (nSPS) is 14.2. The standard InChI is InChI=1S/C52H107N2O7P/c1-3-5-7-9-11-13-15-17-19-21-23-24-26-28-30-32-34-36-38-40-42-44-51(56)50(48-61-62(58,59)60-46-45-53)54-52(57)47-49(55)43-41-39-37-35-33-31-29-27-25-22-20-18-16-14-12-10-8-6-4-2/h49-51,55-56H,3-48,53H2,1-2H3,(H,54,57)(H,58,59). The van der Waals surface area contributed by atoms with Crippen LogP contribution < -0.4 is 11.1 Å². The van der Waals surface area contributed by atoms with E-state index < -0.39 is 32.0 Å². The fraction of sp³-hybridized carbons (Fsp3) is 0.981. The average Bonchev–Trinajstić information content (AvgIpc) is 3.25. The Morgan fingerprint density at radius 1 is 0.484 bits per heavy atom. The molecule has 0 aliphatic carbocycles. The van der Waals surface area contributed by atoms with Gasteiger partial charge in [0.1, 0.15) is 0 Å². The van der Waals surface area contributed by atoms with E-state index in [1.165, 1.54) is 218 Å². The lowest BCUT2D eigenvalue weighted by molar-refractivity contribution is -0.125. The third kappa shape index (κ3) is 46.0. The van der Waals surface area contributed by atoms with Crippen molar-refractivity contribution < 1.29 is 33.5 Å². The molecular formula is C52H107N2O7P. The molecule has 10 heteroatoms. The molecule has 0 aromatic rings. The molecule has 0 bridgehead atoms. The van der Waals surface area contributed by atoms with Gasteiger partial charge in [-0.2, -0.15) is 0 Å². The van der Waals surface area contributed by atoms with Crippen molar-refractivity contribution in [2.75, 3.05) is 19.8 Å². The first kappa shape index (κ1) is 61.5. The molecule has 4 atom stereocenters. The highest BCUT2D eigenvalue weighted by atomic mass is 31.2. The second kappa shape index (κ2) is 48.4. The van der Waals surface area contributed by atoms with Gasteiger partial charge in [-0.3, -0.25) is 13.8 Å². The van der Waals surface area contributed by atoms with E-state index in [9.17, 15) is 24.5 Å². The van der Waals surface area contributed by atoms with Gasteiger partial charge >= 0.3 is 7.82 Å². The summed E-state index contributed by atoms with van der Waals surface area (Å²) in [6.07, 6.45) is 51.6. The number of aliphatic hydroxyl groups is 2. The quantitative estimate of drug-likeness (QED) is 0.0299. The number of phosphoric acid groups is 1. The summed E-state index contributed by atoms with van der Waals surface area (Å²) >= 11 is 0. The average molecular weight is 903 g/mol. The Kier molecular flexibility index (Phi) is 48.0. The molecule has 0 rings (SSSR count). The van der Waals surface area contributed by atoms with Crippen LogP contribution >= 0.6 is 7.82 Å². The molecule has 4 unspecified atom stereocenters. The molecule has 0 aromatic carbocycles. The zero-order valence-electron chi connectivity index (χ0n) is 41.3. The van der Waals surface area contributed by atoms with Crippen LogP contribution in [0.25, 0.3) is 0 Å². The molecule has 0 aromatic heterocycles. The van der Waals surface area contributed by atoms with Gasteiger partial charge in [-0.05, 0) is 12.8 Å². The summed E-state index contributed by atoms with van der Waals surface area (Å²) in [7, 11) is -4.38. The maximum Gasteiger partial charge on any atom is 0.472 e. The van der Waals surface area contributed by atoms with Crippen molar-refractivity contribution in [2.24, 2.45) is 5.73 Å². The second-order valence-electron chi connectivity index (χ2n) is 19.0. The lowest BCUT2D eigenvalue weighted by Crippen LogP contribution is -2.47. The molecule has 62 heavy (non-hydrogen) atoms. The molecule has 1 amide bonds. The molecule has 6 N–H and O–H groups in total. The summed E-state index contributed by atoms with van der Waals surface area (Å²) < 4.78 is 22.3. The molecule has 0 saturated heterocycles. The van der Waals surface area contributed by atoms with E-state index in [0.717, 1.165) is 38.5 Å². The van der Waals surface area contributed by atoms with Gasteiger partial charge in [-0.15, -0.1) is 0 Å². The Balaban J connectivity index is 4.07. The zero-order chi connectivity index (χ0) is 45.5. The summed E-state index contributed by atoms with van der Waals surface area (Å²) in [6, 6.07) is -0.892. The van der Waals surface area contributed by atoms with Crippen LogP contribution in [-0.2, 0) is 18.4 Å².